The number of para-hydroxylation sites is 1. The first-order chi connectivity index (χ1) is 8.75. The van der Waals surface area contributed by atoms with E-state index in [-0.39, 0.29) is 0 Å². The van der Waals surface area contributed by atoms with Crippen molar-refractivity contribution in [1.29, 1.82) is 0 Å². The molecule has 0 radical (unpaired) electrons. The van der Waals surface area contributed by atoms with Crippen molar-refractivity contribution in [2.45, 2.75) is 0 Å². The number of ether oxygens (including phenoxy) is 1. The number of nitrogens with one attached hydrogen (secondary N) is 1. The highest BCUT2D eigenvalue weighted by Crippen LogP contribution is 2.32. The number of carbonyl (C=O) groups is 2. The Bertz CT molecular complexity index is 845. The van der Waals surface area contributed by atoms with Crippen LogP contribution in [0.25, 0.3) is 21.8 Å². The van der Waals surface area contributed by atoms with Crippen LogP contribution in [0, 0.1) is 0 Å². The highest BCUT2D eigenvalue weighted by Gasteiger charge is 2.32. The molecule has 2 heterocycles. The summed E-state index contributed by atoms with van der Waals surface area (Å²) in [4.78, 5) is 26.4. The minimum Gasteiger partial charge on any atom is -0.386 e. The summed E-state index contributed by atoms with van der Waals surface area (Å²) in [5.41, 5.74) is 2.28. The third-order valence-electron chi connectivity index (χ3n) is 3.29. The molecule has 0 aliphatic carbocycles. The van der Waals surface area contributed by atoms with Gasteiger partial charge in [0, 0.05) is 16.3 Å². The van der Waals surface area contributed by atoms with Crippen LogP contribution >= 0.6 is 0 Å². The summed E-state index contributed by atoms with van der Waals surface area (Å²) in [5.74, 6) is -1.15. The predicted molar refractivity (Wildman–Crippen MR) is 65.6 cm³/mol. The molecule has 0 amide bonds. The minimum atomic E-state index is -0.577. The van der Waals surface area contributed by atoms with Crippen molar-refractivity contribution in [3.8, 4) is 0 Å². The van der Waals surface area contributed by atoms with Gasteiger partial charge in [0.1, 0.15) is 0 Å². The van der Waals surface area contributed by atoms with Gasteiger partial charge in [-0.1, -0.05) is 24.3 Å². The summed E-state index contributed by atoms with van der Waals surface area (Å²) in [7, 11) is 0. The Morgan fingerprint density at radius 2 is 1.72 bits per heavy atom. The van der Waals surface area contributed by atoms with Gasteiger partial charge in [-0.2, -0.15) is 0 Å². The first-order valence-corrected chi connectivity index (χ1v) is 5.55. The number of H-pyrrole nitrogens is 1. The van der Waals surface area contributed by atoms with Crippen molar-refractivity contribution in [2.24, 2.45) is 0 Å². The van der Waals surface area contributed by atoms with E-state index in [1.54, 1.807) is 6.07 Å². The maximum atomic E-state index is 11.7. The van der Waals surface area contributed by atoms with E-state index >= 15 is 0 Å². The normalized spacial score (nSPS) is 14.2. The Hall–Kier alpha value is -2.62. The molecular weight excluding hydrogens is 230 g/mol. The molecule has 1 aromatic heterocycles. The first kappa shape index (κ1) is 9.41. The van der Waals surface area contributed by atoms with Crippen LogP contribution in [0.1, 0.15) is 20.7 Å². The lowest BCUT2D eigenvalue weighted by molar-refractivity contribution is 0.0444. The van der Waals surface area contributed by atoms with Gasteiger partial charge in [0.2, 0.25) is 0 Å². The van der Waals surface area contributed by atoms with Crippen molar-refractivity contribution in [3.63, 3.8) is 0 Å². The molecule has 1 aliphatic heterocycles. The molecule has 0 saturated carbocycles. The van der Waals surface area contributed by atoms with Crippen LogP contribution in [0.5, 0.6) is 0 Å². The van der Waals surface area contributed by atoms with E-state index in [9.17, 15) is 9.59 Å². The molecule has 18 heavy (non-hydrogen) atoms. The zero-order valence-electron chi connectivity index (χ0n) is 9.19. The van der Waals surface area contributed by atoms with Gasteiger partial charge in [-0.25, -0.2) is 9.59 Å². The van der Waals surface area contributed by atoms with Crippen molar-refractivity contribution in [2.75, 3.05) is 0 Å². The van der Waals surface area contributed by atoms with Crippen LogP contribution in [0.3, 0.4) is 0 Å². The predicted octanol–water partition coefficient (Wildman–Crippen LogP) is 2.63. The lowest BCUT2D eigenvalue weighted by atomic mass is 10.0. The third-order valence-corrected chi connectivity index (χ3v) is 3.29. The largest absolute Gasteiger partial charge is 0.386 e. The summed E-state index contributed by atoms with van der Waals surface area (Å²) in [6.45, 7) is 0. The van der Waals surface area contributed by atoms with Crippen LogP contribution in [-0.4, -0.2) is 16.9 Å². The van der Waals surface area contributed by atoms with Crippen molar-refractivity contribution in [1.82, 2.24) is 4.98 Å². The van der Waals surface area contributed by atoms with E-state index in [1.165, 1.54) is 0 Å². The van der Waals surface area contributed by atoms with E-state index in [4.69, 9.17) is 0 Å². The Morgan fingerprint density at radius 3 is 2.61 bits per heavy atom. The van der Waals surface area contributed by atoms with Crippen molar-refractivity contribution < 1.29 is 14.3 Å². The molecule has 1 N–H and O–H groups in total. The molecule has 3 aromatic rings. The number of cyclic esters (lactones) is 2. The first-order valence-electron chi connectivity index (χ1n) is 5.55. The van der Waals surface area contributed by atoms with Gasteiger partial charge in [0.25, 0.3) is 0 Å². The minimum absolute atomic E-state index is 0.332. The monoisotopic (exact) mass is 237 g/mol. The van der Waals surface area contributed by atoms with Gasteiger partial charge in [-0.15, -0.1) is 0 Å². The third kappa shape index (κ3) is 0.996. The molecular formula is C14H7NO3. The maximum Gasteiger partial charge on any atom is 0.349 e. The second-order valence-corrected chi connectivity index (χ2v) is 4.26. The zero-order valence-corrected chi connectivity index (χ0v) is 9.19. The molecule has 4 heteroatoms. The molecule has 4 nitrogen and oxygen atoms in total. The molecule has 0 spiro atoms. The average Bonchev–Trinajstić information content (AvgIpc) is 2.88. The fraction of sp³-hybridized carbons (Fsp3) is 0. The zero-order chi connectivity index (χ0) is 12.3. The van der Waals surface area contributed by atoms with Gasteiger partial charge in [-0.05, 0) is 12.1 Å². The average molecular weight is 237 g/mol. The van der Waals surface area contributed by atoms with Gasteiger partial charge in [0.15, 0.2) is 0 Å². The molecule has 4 rings (SSSR count). The van der Waals surface area contributed by atoms with E-state index < -0.39 is 11.9 Å². The summed E-state index contributed by atoms with van der Waals surface area (Å²) >= 11 is 0. The molecule has 2 aromatic carbocycles. The van der Waals surface area contributed by atoms with Gasteiger partial charge < -0.3 is 9.72 Å². The number of esters is 2. The van der Waals surface area contributed by atoms with Crippen LogP contribution in [0.2, 0.25) is 0 Å². The number of fused-ring (bicyclic) bond motifs is 5. The van der Waals surface area contributed by atoms with Crippen LogP contribution < -0.4 is 0 Å². The number of hydrogen-bond acceptors (Lipinski definition) is 3. The van der Waals surface area contributed by atoms with Crippen LogP contribution in [0.15, 0.2) is 36.4 Å². The maximum absolute atomic E-state index is 11.7. The Morgan fingerprint density at radius 1 is 0.889 bits per heavy atom. The van der Waals surface area contributed by atoms with E-state index in [1.807, 2.05) is 30.3 Å². The number of carbonyl (C=O) groups excluding carboxylic acids is 2. The smallest absolute Gasteiger partial charge is 0.349 e. The Kier molecular flexibility index (Phi) is 1.56. The van der Waals surface area contributed by atoms with E-state index in [2.05, 4.69) is 9.72 Å². The van der Waals surface area contributed by atoms with Crippen molar-refractivity contribution in [3.05, 3.63) is 47.5 Å². The van der Waals surface area contributed by atoms with Crippen LogP contribution in [0.4, 0.5) is 0 Å². The number of aromatic nitrogens is 1. The lowest BCUT2D eigenvalue weighted by Gasteiger charge is -1.94. The quantitative estimate of drug-likeness (QED) is 0.483. The highest BCUT2D eigenvalue weighted by molar-refractivity contribution is 6.23. The summed E-state index contributed by atoms with van der Waals surface area (Å²) in [6.07, 6.45) is 0. The van der Waals surface area contributed by atoms with Crippen molar-refractivity contribution >= 4 is 33.7 Å². The van der Waals surface area contributed by atoms with Gasteiger partial charge >= 0.3 is 11.9 Å². The molecule has 1 aliphatic rings. The van der Waals surface area contributed by atoms with Gasteiger partial charge in [0.05, 0.1) is 16.6 Å². The number of benzene rings is 2. The van der Waals surface area contributed by atoms with E-state index in [0.29, 0.717) is 16.6 Å². The molecule has 0 unspecified atom stereocenters. The molecule has 0 fully saturated rings. The van der Waals surface area contributed by atoms with E-state index in [0.717, 1.165) is 16.3 Å². The van der Waals surface area contributed by atoms with Crippen LogP contribution in [-0.2, 0) is 4.74 Å². The fourth-order valence-corrected chi connectivity index (χ4v) is 2.49. The SMILES string of the molecule is O=C1OC(=O)c2c1ccc1c2[nH]c2ccccc21. The summed E-state index contributed by atoms with van der Waals surface area (Å²) in [6, 6.07) is 11.2. The topological polar surface area (TPSA) is 59.2 Å². The molecule has 0 atom stereocenters. The standard InChI is InChI=1S/C14H7NO3/c16-13-9-6-5-8-7-3-1-2-4-10(7)15-12(8)11(9)14(17)18-13/h1-6,15H. The lowest BCUT2D eigenvalue weighted by Crippen LogP contribution is -1.97. The highest BCUT2D eigenvalue weighted by atomic mass is 16.6. The number of rotatable bonds is 0. The second kappa shape index (κ2) is 2.98. The molecule has 86 valence electrons. The number of hydrogen-bond donors (Lipinski definition) is 1. The fourth-order valence-electron chi connectivity index (χ4n) is 2.49. The Labute approximate surface area is 101 Å². The summed E-state index contributed by atoms with van der Waals surface area (Å²) in [5, 5.41) is 1.96. The second-order valence-electron chi connectivity index (χ2n) is 4.26. The van der Waals surface area contributed by atoms with Gasteiger partial charge in [-0.3, -0.25) is 0 Å². The Balaban J connectivity index is 2.25. The number of aromatic amines is 1. The molecule has 0 bridgehead atoms. The summed E-state index contributed by atoms with van der Waals surface area (Å²) < 4.78 is 4.64. The molecule has 0 saturated heterocycles.